The van der Waals surface area contributed by atoms with Crippen molar-refractivity contribution in [1.82, 2.24) is 0 Å². The zero-order chi connectivity index (χ0) is 26.2. The third kappa shape index (κ3) is 6.73. The van der Waals surface area contributed by atoms with E-state index >= 15 is 0 Å². The highest BCUT2D eigenvalue weighted by Gasteiger charge is 2.06. The monoisotopic (exact) mass is 506 g/mol. The van der Waals surface area contributed by atoms with Crippen LogP contribution in [0.15, 0.2) is 72.8 Å². The van der Waals surface area contributed by atoms with Crippen molar-refractivity contribution in [3.63, 3.8) is 0 Å². The topological polar surface area (TPSA) is 18.5 Å². The standard InChI is InChI=1S/C36H42O2/c1-3-5-16-38-17-7-6-9-27-11-13-29-21-33-26-36-24-32-20-28(10-8-18-37-15-4-2)12-14-30(32)22-34(36)25-35(33)23-31(29)19-27/h11-14,19-26H,3-10,15-18H2,1-2H3. The van der Waals surface area contributed by atoms with Crippen LogP contribution in [0, 0.1) is 0 Å². The fourth-order valence-electron chi connectivity index (χ4n) is 5.42. The van der Waals surface area contributed by atoms with Crippen molar-refractivity contribution in [2.24, 2.45) is 0 Å². The number of hydrogen-bond donors (Lipinski definition) is 0. The summed E-state index contributed by atoms with van der Waals surface area (Å²) in [5.74, 6) is 0. The zero-order valence-electron chi connectivity index (χ0n) is 23.2. The Morgan fingerprint density at radius 1 is 0.395 bits per heavy atom. The van der Waals surface area contributed by atoms with Gasteiger partial charge in [-0.25, -0.2) is 0 Å². The van der Waals surface area contributed by atoms with Gasteiger partial charge in [-0.15, -0.1) is 0 Å². The van der Waals surface area contributed by atoms with Gasteiger partial charge in [-0.3, -0.25) is 0 Å². The highest BCUT2D eigenvalue weighted by molar-refractivity contribution is 6.08. The third-order valence-electron chi connectivity index (χ3n) is 7.58. The van der Waals surface area contributed by atoms with Gasteiger partial charge in [0.25, 0.3) is 0 Å². The Kier molecular flexibility index (Phi) is 9.28. The molecular formula is C36H42O2. The van der Waals surface area contributed by atoms with Crippen LogP contribution in [-0.2, 0) is 22.3 Å². The average molecular weight is 507 g/mol. The van der Waals surface area contributed by atoms with E-state index in [1.54, 1.807) is 0 Å². The van der Waals surface area contributed by atoms with Crippen LogP contribution in [0.2, 0.25) is 0 Å². The minimum Gasteiger partial charge on any atom is -0.381 e. The molecule has 0 atom stereocenters. The van der Waals surface area contributed by atoms with Crippen LogP contribution in [0.4, 0.5) is 0 Å². The Labute approximate surface area is 227 Å². The van der Waals surface area contributed by atoms with Crippen LogP contribution in [-0.4, -0.2) is 26.4 Å². The van der Waals surface area contributed by atoms with E-state index in [1.165, 1.54) is 73.5 Å². The van der Waals surface area contributed by atoms with Gasteiger partial charge in [0, 0.05) is 26.4 Å². The van der Waals surface area contributed by atoms with Gasteiger partial charge in [0.05, 0.1) is 0 Å². The van der Waals surface area contributed by atoms with Crippen LogP contribution in [0.1, 0.15) is 63.5 Å². The van der Waals surface area contributed by atoms with Gasteiger partial charge in [0.15, 0.2) is 0 Å². The van der Waals surface area contributed by atoms with Crippen LogP contribution in [0.5, 0.6) is 0 Å². The maximum absolute atomic E-state index is 5.72. The van der Waals surface area contributed by atoms with Crippen molar-refractivity contribution in [1.29, 1.82) is 0 Å². The summed E-state index contributed by atoms with van der Waals surface area (Å²) in [6, 6.07) is 28.1. The van der Waals surface area contributed by atoms with Crippen LogP contribution in [0.3, 0.4) is 0 Å². The van der Waals surface area contributed by atoms with Gasteiger partial charge >= 0.3 is 0 Å². The Morgan fingerprint density at radius 2 is 0.842 bits per heavy atom. The molecule has 2 nitrogen and oxygen atoms in total. The maximum atomic E-state index is 5.72. The quantitative estimate of drug-likeness (QED) is 0.110. The second kappa shape index (κ2) is 13.2. The third-order valence-corrected chi connectivity index (χ3v) is 7.58. The molecule has 0 bridgehead atoms. The molecule has 198 valence electrons. The molecule has 2 heteroatoms. The fourth-order valence-corrected chi connectivity index (χ4v) is 5.42. The van der Waals surface area contributed by atoms with E-state index in [0.29, 0.717) is 0 Å². The molecule has 0 spiro atoms. The molecule has 0 unspecified atom stereocenters. The summed E-state index contributed by atoms with van der Waals surface area (Å²) in [5, 5.41) is 10.5. The molecule has 0 heterocycles. The molecule has 0 aromatic heterocycles. The molecule has 5 aromatic carbocycles. The lowest BCUT2D eigenvalue weighted by molar-refractivity contribution is 0.127. The Hall–Kier alpha value is -2.94. The second-order valence-electron chi connectivity index (χ2n) is 10.8. The summed E-state index contributed by atoms with van der Waals surface area (Å²) in [5.41, 5.74) is 2.81. The highest BCUT2D eigenvalue weighted by atomic mass is 16.5. The summed E-state index contributed by atoms with van der Waals surface area (Å²) >= 11 is 0. The normalized spacial score (nSPS) is 11.8. The predicted molar refractivity (Wildman–Crippen MR) is 165 cm³/mol. The van der Waals surface area contributed by atoms with Crippen molar-refractivity contribution >= 4 is 43.1 Å². The molecule has 0 amide bonds. The molecule has 0 N–H and O–H groups in total. The van der Waals surface area contributed by atoms with Gasteiger partial charge in [0.1, 0.15) is 0 Å². The van der Waals surface area contributed by atoms with E-state index in [4.69, 9.17) is 9.47 Å². The predicted octanol–water partition coefficient (Wildman–Crippen LogP) is 9.80. The minimum absolute atomic E-state index is 0.846. The summed E-state index contributed by atoms with van der Waals surface area (Å²) in [7, 11) is 0. The number of unbranched alkanes of at least 4 members (excludes halogenated alkanes) is 2. The van der Waals surface area contributed by atoms with E-state index in [2.05, 4.69) is 86.6 Å². The lowest BCUT2D eigenvalue weighted by atomic mass is 9.95. The van der Waals surface area contributed by atoms with Crippen LogP contribution in [0.25, 0.3) is 43.1 Å². The highest BCUT2D eigenvalue weighted by Crippen LogP contribution is 2.31. The number of rotatable bonds is 14. The van der Waals surface area contributed by atoms with Crippen LogP contribution < -0.4 is 0 Å². The SMILES string of the molecule is CCCCOCCCCc1ccc2cc3cc4cc5cc(CCCOCCC)ccc5cc4cc3cc2c1. The molecule has 0 aliphatic rings. The largest absolute Gasteiger partial charge is 0.381 e. The molecule has 0 radical (unpaired) electrons. The van der Waals surface area contributed by atoms with Crippen molar-refractivity contribution in [2.75, 3.05) is 26.4 Å². The number of aryl methyl sites for hydroxylation is 2. The van der Waals surface area contributed by atoms with Crippen LogP contribution >= 0.6 is 0 Å². The molecule has 5 rings (SSSR count). The second-order valence-corrected chi connectivity index (χ2v) is 10.8. The van der Waals surface area contributed by atoms with Crippen molar-refractivity contribution in [3.8, 4) is 0 Å². The smallest absolute Gasteiger partial charge is 0.0469 e. The molecular weight excluding hydrogens is 464 g/mol. The van der Waals surface area contributed by atoms with Gasteiger partial charge in [-0.2, -0.15) is 0 Å². The minimum atomic E-state index is 0.846. The molecule has 0 aliphatic carbocycles. The molecule has 38 heavy (non-hydrogen) atoms. The summed E-state index contributed by atoms with van der Waals surface area (Å²) in [6.07, 6.45) is 9.02. The fraction of sp³-hybridized carbons (Fsp3) is 0.389. The molecule has 0 aliphatic heterocycles. The first-order valence-electron chi connectivity index (χ1n) is 14.7. The number of fused-ring (bicyclic) bond motifs is 4. The van der Waals surface area contributed by atoms with Crippen molar-refractivity contribution in [3.05, 3.63) is 83.9 Å². The molecule has 0 fully saturated rings. The Balaban J connectivity index is 1.32. The van der Waals surface area contributed by atoms with Gasteiger partial charge in [-0.05, 0) is 136 Å². The van der Waals surface area contributed by atoms with E-state index in [1.807, 2.05) is 0 Å². The van der Waals surface area contributed by atoms with Gasteiger partial charge in [-0.1, -0.05) is 56.7 Å². The number of ether oxygens (including phenoxy) is 2. The molecule has 5 aromatic rings. The van der Waals surface area contributed by atoms with E-state index in [0.717, 1.165) is 58.5 Å². The molecule has 0 saturated carbocycles. The summed E-state index contributed by atoms with van der Waals surface area (Å²) in [6.45, 7) is 7.86. The summed E-state index contributed by atoms with van der Waals surface area (Å²) in [4.78, 5) is 0. The van der Waals surface area contributed by atoms with E-state index in [-0.39, 0.29) is 0 Å². The van der Waals surface area contributed by atoms with Gasteiger partial charge in [0.2, 0.25) is 0 Å². The first-order valence-corrected chi connectivity index (χ1v) is 14.7. The maximum Gasteiger partial charge on any atom is 0.0469 e. The Morgan fingerprint density at radius 3 is 1.39 bits per heavy atom. The summed E-state index contributed by atoms with van der Waals surface area (Å²) < 4.78 is 11.4. The zero-order valence-corrected chi connectivity index (χ0v) is 23.2. The van der Waals surface area contributed by atoms with E-state index in [9.17, 15) is 0 Å². The lowest BCUT2D eigenvalue weighted by Crippen LogP contribution is -1.97. The van der Waals surface area contributed by atoms with Gasteiger partial charge < -0.3 is 9.47 Å². The number of benzene rings is 5. The Bertz CT molecular complexity index is 1500. The van der Waals surface area contributed by atoms with Crippen molar-refractivity contribution in [2.45, 2.75) is 65.2 Å². The lowest BCUT2D eigenvalue weighted by Gasteiger charge is -2.10. The van der Waals surface area contributed by atoms with E-state index < -0.39 is 0 Å². The first-order chi connectivity index (χ1) is 18.7. The molecule has 0 saturated heterocycles. The van der Waals surface area contributed by atoms with Crippen molar-refractivity contribution < 1.29 is 9.47 Å². The number of hydrogen-bond acceptors (Lipinski definition) is 2. The first kappa shape index (κ1) is 26.7. The average Bonchev–Trinajstić information content (AvgIpc) is 2.93.